The van der Waals surface area contributed by atoms with Crippen molar-refractivity contribution in [1.82, 2.24) is 10.2 Å². The second-order valence-corrected chi connectivity index (χ2v) is 5.61. The molecule has 5 nitrogen and oxygen atoms in total. The number of hydrogen-bond donors (Lipinski definition) is 2. The summed E-state index contributed by atoms with van der Waals surface area (Å²) in [6.45, 7) is 7.94. The lowest BCUT2D eigenvalue weighted by atomic mass is 9.84. The Morgan fingerprint density at radius 2 is 2.26 bits per heavy atom. The number of amides is 1. The molecule has 0 saturated carbocycles. The van der Waals surface area contributed by atoms with Gasteiger partial charge in [-0.15, -0.1) is 0 Å². The van der Waals surface area contributed by atoms with Gasteiger partial charge in [-0.1, -0.05) is 13.3 Å². The second kappa shape index (κ2) is 8.51. The fourth-order valence-electron chi connectivity index (χ4n) is 2.89. The lowest BCUT2D eigenvalue weighted by Gasteiger charge is -2.37. The molecule has 1 heterocycles. The number of carbonyl (C=O) groups is 1. The first-order valence-corrected chi connectivity index (χ1v) is 7.31. The van der Waals surface area contributed by atoms with Gasteiger partial charge in [0.15, 0.2) is 0 Å². The van der Waals surface area contributed by atoms with Crippen LogP contribution in [-0.2, 0) is 9.53 Å². The van der Waals surface area contributed by atoms with Crippen molar-refractivity contribution in [2.75, 3.05) is 39.9 Å². The maximum absolute atomic E-state index is 11.9. The van der Waals surface area contributed by atoms with Gasteiger partial charge in [0.2, 0.25) is 5.91 Å². The maximum atomic E-state index is 11.9. The van der Waals surface area contributed by atoms with Crippen LogP contribution < -0.4 is 11.1 Å². The summed E-state index contributed by atoms with van der Waals surface area (Å²) in [5, 5.41) is 2.96. The first-order chi connectivity index (χ1) is 9.10. The number of hydrogen-bond acceptors (Lipinski definition) is 4. The van der Waals surface area contributed by atoms with Crippen molar-refractivity contribution in [3.05, 3.63) is 0 Å². The molecule has 5 heteroatoms. The zero-order valence-electron chi connectivity index (χ0n) is 12.5. The van der Waals surface area contributed by atoms with E-state index in [-0.39, 0.29) is 11.9 Å². The third-order valence-corrected chi connectivity index (χ3v) is 3.99. The lowest BCUT2D eigenvalue weighted by Crippen LogP contribution is -2.48. The zero-order chi connectivity index (χ0) is 14.3. The SMILES string of the molecule is CCC1CN(CC(=O)NC(C)COC)CCC1CN. The van der Waals surface area contributed by atoms with Gasteiger partial charge in [-0.2, -0.15) is 0 Å². The summed E-state index contributed by atoms with van der Waals surface area (Å²) in [6.07, 6.45) is 2.25. The highest BCUT2D eigenvalue weighted by molar-refractivity contribution is 5.78. The van der Waals surface area contributed by atoms with Gasteiger partial charge in [-0.05, 0) is 38.3 Å². The van der Waals surface area contributed by atoms with Crippen LogP contribution in [0.2, 0.25) is 0 Å². The van der Waals surface area contributed by atoms with E-state index in [0.717, 1.165) is 32.5 Å². The number of nitrogens with zero attached hydrogens (tertiary/aromatic N) is 1. The predicted molar refractivity (Wildman–Crippen MR) is 76.9 cm³/mol. The van der Waals surface area contributed by atoms with E-state index >= 15 is 0 Å². The van der Waals surface area contributed by atoms with Crippen LogP contribution in [0.15, 0.2) is 0 Å². The molecule has 0 aromatic rings. The molecule has 19 heavy (non-hydrogen) atoms. The Kier molecular flexibility index (Phi) is 7.34. The largest absolute Gasteiger partial charge is 0.383 e. The standard InChI is InChI=1S/C14H29N3O2/c1-4-12-8-17(6-5-13(12)7-15)9-14(18)16-11(2)10-19-3/h11-13H,4-10,15H2,1-3H3,(H,16,18). The average molecular weight is 271 g/mol. The topological polar surface area (TPSA) is 67.6 Å². The highest BCUT2D eigenvalue weighted by Gasteiger charge is 2.27. The van der Waals surface area contributed by atoms with E-state index in [2.05, 4.69) is 17.1 Å². The van der Waals surface area contributed by atoms with Crippen LogP contribution in [0.25, 0.3) is 0 Å². The van der Waals surface area contributed by atoms with Gasteiger partial charge in [0.1, 0.15) is 0 Å². The van der Waals surface area contributed by atoms with E-state index in [1.165, 1.54) is 0 Å². The van der Waals surface area contributed by atoms with Crippen molar-refractivity contribution in [2.24, 2.45) is 17.6 Å². The molecular formula is C14H29N3O2. The summed E-state index contributed by atoms with van der Waals surface area (Å²) in [4.78, 5) is 14.2. The highest BCUT2D eigenvalue weighted by Crippen LogP contribution is 2.24. The van der Waals surface area contributed by atoms with Crippen LogP contribution in [-0.4, -0.2) is 56.7 Å². The van der Waals surface area contributed by atoms with Gasteiger partial charge >= 0.3 is 0 Å². The molecule has 0 aromatic carbocycles. The van der Waals surface area contributed by atoms with Crippen molar-refractivity contribution in [2.45, 2.75) is 32.7 Å². The molecule has 1 amide bonds. The molecule has 0 aliphatic carbocycles. The lowest BCUT2D eigenvalue weighted by molar-refractivity contribution is -0.123. The molecule has 1 fully saturated rings. The van der Waals surface area contributed by atoms with E-state index in [1.807, 2.05) is 6.92 Å². The smallest absolute Gasteiger partial charge is 0.234 e. The number of carbonyl (C=O) groups excluding carboxylic acids is 1. The summed E-state index contributed by atoms with van der Waals surface area (Å²) in [5.41, 5.74) is 5.80. The van der Waals surface area contributed by atoms with Gasteiger partial charge in [-0.3, -0.25) is 9.69 Å². The Morgan fingerprint density at radius 1 is 1.53 bits per heavy atom. The molecule has 3 unspecified atom stereocenters. The quantitative estimate of drug-likeness (QED) is 0.705. The van der Waals surface area contributed by atoms with Crippen LogP contribution in [0, 0.1) is 11.8 Å². The van der Waals surface area contributed by atoms with Crippen molar-refractivity contribution in [3.8, 4) is 0 Å². The van der Waals surface area contributed by atoms with Gasteiger partial charge in [-0.25, -0.2) is 0 Å². The van der Waals surface area contributed by atoms with Gasteiger partial charge in [0.25, 0.3) is 0 Å². The van der Waals surface area contributed by atoms with Crippen LogP contribution in [0.3, 0.4) is 0 Å². The van der Waals surface area contributed by atoms with Crippen molar-refractivity contribution in [1.29, 1.82) is 0 Å². The summed E-state index contributed by atoms with van der Waals surface area (Å²) in [6, 6.07) is 0.0704. The van der Waals surface area contributed by atoms with Crippen molar-refractivity contribution >= 4 is 5.91 Å². The molecular weight excluding hydrogens is 242 g/mol. The highest BCUT2D eigenvalue weighted by atomic mass is 16.5. The summed E-state index contributed by atoms with van der Waals surface area (Å²) in [5.74, 6) is 1.34. The monoisotopic (exact) mass is 271 g/mol. The minimum atomic E-state index is 0.0704. The Labute approximate surface area is 116 Å². The number of rotatable bonds is 7. The first-order valence-electron chi connectivity index (χ1n) is 7.31. The fourth-order valence-corrected chi connectivity index (χ4v) is 2.89. The van der Waals surface area contributed by atoms with E-state index in [4.69, 9.17) is 10.5 Å². The normalized spacial score (nSPS) is 26.1. The molecule has 3 N–H and O–H groups in total. The van der Waals surface area contributed by atoms with Crippen LogP contribution in [0.1, 0.15) is 26.7 Å². The van der Waals surface area contributed by atoms with Gasteiger partial charge < -0.3 is 15.8 Å². The summed E-state index contributed by atoms with van der Waals surface area (Å²) >= 11 is 0. The minimum Gasteiger partial charge on any atom is -0.383 e. The van der Waals surface area contributed by atoms with Crippen molar-refractivity contribution in [3.63, 3.8) is 0 Å². The summed E-state index contributed by atoms with van der Waals surface area (Å²) < 4.78 is 5.02. The van der Waals surface area contributed by atoms with Gasteiger partial charge in [0, 0.05) is 19.7 Å². The van der Waals surface area contributed by atoms with Crippen LogP contribution in [0.4, 0.5) is 0 Å². The van der Waals surface area contributed by atoms with Gasteiger partial charge in [0.05, 0.1) is 13.2 Å². The maximum Gasteiger partial charge on any atom is 0.234 e. The number of piperidine rings is 1. The third kappa shape index (κ3) is 5.47. The Balaban J connectivity index is 2.35. The predicted octanol–water partition coefficient (Wildman–Crippen LogP) is 0.444. The third-order valence-electron chi connectivity index (χ3n) is 3.99. The van der Waals surface area contributed by atoms with Crippen molar-refractivity contribution < 1.29 is 9.53 Å². The zero-order valence-corrected chi connectivity index (χ0v) is 12.5. The fraction of sp³-hybridized carbons (Fsp3) is 0.929. The Bertz CT molecular complexity index is 273. The number of ether oxygens (including phenoxy) is 1. The molecule has 0 spiro atoms. The Morgan fingerprint density at radius 3 is 2.84 bits per heavy atom. The molecule has 1 aliphatic rings. The number of nitrogens with one attached hydrogen (secondary N) is 1. The molecule has 3 atom stereocenters. The van der Waals surface area contributed by atoms with Crippen LogP contribution in [0.5, 0.6) is 0 Å². The molecule has 1 rings (SSSR count). The first kappa shape index (κ1) is 16.4. The molecule has 1 aliphatic heterocycles. The molecule has 0 bridgehead atoms. The number of methoxy groups -OCH3 is 1. The Hall–Kier alpha value is -0.650. The number of nitrogens with two attached hydrogens (primary N) is 1. The average Bonchev–Trinajstić information content (AvgIpc) is 2.38. The van der Waals surface area contributed by atoms with E-state index in [9.17, 15) is 4.79 Å². The summed E-state index contributed by atoms with van der Waals surface area (Å²) in [7, 11) is 1.64. The van der Waals surface area contributed by atoms with E-state index in [0.29, 0.717) is 25.0 Å². The van der Waals surface area contributed by atoms with E-state index in [1.54, 1.807) is 7.11 Å². The molecule has 0 aromatic heterocycles. The second-order valence-electron chi connectivity index (χ2n) is 5.61. The molecule has 1 saturated heterocycles. The van der Waals surface area contributed by atoms with Crippen LogP contribution >= 0.6 is 0 Å². The number of likely N-dealkylation sites (tertiary alicyclic amines) is 1. The van der Waals surface area contributed by atoms with E-state index < -0.39 is 0 Å². The molecule has 112 valence electrons. The minimum absolute atomic E-state index is 0.0704. The molecule has 0 radical (unpaired) electrons.